The van der Waals surface area contributed by atoms with Crippen molar-refractivity contribution in [1.82, 2.24) is 5.32 Å². The van der Waals surface area contributed by atoms with Crippen molar-refractivity contribution in [3.05, 3.63) is 30.0 Å². The molecule has 1 fully saturated rings. The second-order valence-electron chi connectivity index (χ2n) is 5.34. The summed E-state index contributed by atoms with van der Waals surface area (Å²) in [5.74, 6) is 0.841. The number of nitriles is 1. The maximum atomic E-state index is 12.1. The van der Waals surface area contributed by atoms with E-state index >= 15 is 0 Å². The average molecular weight is 315 g/mol. The molecule has 23 heavy (non-hydrogen) atoms. The van der Waals surface area contributed by atoms with Gasteiger partial charge in [0.1, 0.15) is 11.6 Å². The van der Waals surface area contributed by atoms with Crippen LogP contribution in [-0.4, -0.2) is 26.2 Å². The molecule has 0 spiro atoms. The lowest BCUT2D eigenvalue weighted by Gasteiger charge is -2.12. The molecular formula is C17H21N3O3. The van der Waals surface area contributed by atoms with Gasteiger partial charge in [-0.1, -0.05) is 12.8 Å². The SMILES string of the molecule is COc1ccc(N/C=C(/C#N)C(=O)NC2CCCC2)cc1OC. The van der Waals surface area contributed by atoms with E-state index in [1.54, 1.807) is 32.4 Å². The number of carbonyl (C=O) groups excluding carboxylic acids is 1. The first-order chi connectivity index (χ1) is 11.2. The lowest BCUT2D eigenvalue weighted by Crippen LogP contribution is -2.33. The van der Waals surface area contributed by atoms with Crippen LogP contribution < -0.4 is 20.1 Å². The molecule has 2 rings (SSSR count). The second kappa shape index (κ2) is 8.08. The summed E-state index contributed by atoms with van der Waals surface area (Å²) in [7, 11) is 3.11. The molecule has 1 aromatic carbocycles. The fourth-order valence-corrected chi connectivity index (χ4v) is 2.56. The highest BCUT2D eigenvalue weighted by Crippen LogP contribution is 2.29. The zero-order chi connectivity index (χ0) is 16.7. The van der Waals surface area contributed by atoms with Gasteiger partial charge in [-0.15, -0.1) is 0 Å². The third-order valence-electron chi connectivity index (χ3n) is 3.82. The number of amides is 1. The third-order valence-corrected chi connectivity index (χ3v) is 3.82. The Labute approximate surface area is 136 Å². The van der Waals surface area contributed by atoms with Crippen LogP contribution in [0.2, 0.25) is 0 Å². The van der Waals surface area contributed by atoms with E-state index in [2.05, 4.69) is 10.6 Å². The maximum absolute atomic E-state index is 12.1. The molecule has 0 aromatic heterocycles. The summed E-state index contributed by atoms with van der Waals surface area (Å²) in [5, 5.41) is 15.0. The Morgan fingerprint density at radius 3 is 2.57 bits per heavy atom. The summed E-state index contributed by atoms with van der Waals surface area (Å²) in [6, 6.07) is 7.37. The molecule has 1 aliphatic rings. The predicted molar refractivity (Wildman–Crippen MR) is 87.3 cm³/mol. The number of benzene rings is 1. The fourth-order valence-electron chi connectivity index (χ4n) is 2.56. The first kappa shape index (κ1) is 16.7. The molecule has 1 saturated carbocycles. The fraction of sp³-hybridized carbons (Fsp3) is 0.412. The molecule has 0 heterocycles. The van der Waals surface area contributed by atoms with Gasteiger partial charge >= 0.3 is 0 Å². The minimum absolute atomic E-state index is 0.0479. The largest absolute Gasteiger partial charge is 0.493 e. The highest BCUT2D eigenvalue weighted by atomic mass is 16.5. The van der Waals surface area contributed by atoms with Crippen molar-refractivity contribution in [2.45, 2.75) is 31.7 Å². The molecule has 0 atom stereocenters. The van der Waals surface area contributed by atoms with Crippen LogP contribution >= 0.6 is 0 Å². The molecule has 0 saturated heterocycles. The quantitative estimate of drug-likeness (QED) is 0.623. The second-order valence-corrected chi connectivity index (χ2v) is 5.34. The third kappa shape index (κ3) is 4.39. The van der Waals surface area contributed by atoms with Crippen molar-refractivity contribution in [2.75, 3.05) is 19.5 Å². The Morgan fingerprint density at radius 1 is 1.26 bits per heavy atom. The van der Waals surface area contributed by atoms with Gasteiger partial charge in [-0.3, -0.25) is 4.79 Å². The summed E-state index contributed by atoms with van der Waals surface area (Å²) in [6.07, 6.45) is 5.62. The molecule has 1 aliphatic carbocycles. The minimum atomic E-state index is -0.340. The highest BCUT2D eigenvalue weighted by molar-refractivity contribution is 5.97. The van der Waals surface area contributed by atoms with Crippen molar-refractivity contribution < 1.29 is 14.3 Å². The number of anilines is 1. The molecule has 2 N–H and O–H groups in total. The normalized spacial score (nSPS) is 14.9. The molecule has 0 unspecified atom stereocenters. The molecular weight excluding hydrogens is 294 g/mol. The summed E-state index contributed by atoms with van der Waals surface area (Å²) in [5.41, 5.74) is 0.746. The number of hydrogen-bond acceptors (Lipinski definition) is 5. The van der Waals surface area contributed by atoms with Gasteiger partial charge in [-0.25, -0.2) is 0 Å². The van der Waals surface area contributed by atoms with E-state index in [0.29, 0.717) is 17.2 Å². The lowest BCUT2D eigenvalue weighted by molar-refractivity contribution is -0.117. The molecule has 6 nitrogen and oxygen atoms in total. The Balaban J connectivity index is 2.04. The van der Waals surface area contributed by atoms with Crippen molar-refractivity contribution in [2.24, 2.45) is 0 Å². The zero-order valence-corrected chi connectivity index (χ0v) is 13.4. The number of nitrogens with zero attached hydrogens (tertiary/aromatic N) is 1. The van der Waals surface area contributed by atoms with Crippen LogP contribution in [0.15, 0.2) is 30.0 Å². The molecule has 1 aromatic rings. The van der Waals surface area contributed by atoms with E-state index < -0.39 is 0 Å². The van der Waals surface area contributed by atoms with E-state index in [9.17, 15) is 4.79 Å². The summed E-state index contributed by atoms with van der Waals surface area (Å²) in [6.45, 7) is 0. The van der Waals surface area contributed by atoms with Crippen LogP contribution in [0.4, 0.5) is 5.69 Å². The standard InChI is InChI=1S/C17H21N3O3/c1-22-15-8-7-14(9-16(15)23-2)19-11-12(10-18)17(21)20-13-5-3-4-6-13/h7-9,11,13,19H,3-6H2,1-2H3,(H,20,21)/b12-11-. The summed E-state index contributed by atoms with van der Waals surface area (Å²) < 4.78 is 10.4. The van der Waals surface area contributed by atoms with Crippen molar-refractivity contribution >= 4 is 11.6 Å². The Kier molecular flexibility index (Phi) is 5.87. The van der Waals surface area contributed by atoms with Crippen LogP contribution in [-0.2, 0) is 4.79 Å². The van der Waals surface area contributed by atoms with Gasteiger partial charge in [0.05, 0.1) is 14.2 Å². The van der Waals surface area contributed by atoms with Crippen LogP contribution in [0.1, 0.15) is 25.7 Å². The summed E-state index contributed by atoms with van der Waals surface area (Å²) >= 11 is 0. The number of carbonyl (C=O) groups is 1. The zero-order valence-electron chi connectivity index (χ0n) is 13.4. The van der Waals surface area contributed by atoms with Gasteiger partial charge < -0.3 is 20.1 Å². The number of nitrogens with one attached hydrogen (secondary N) is 2. The molecule has 0 radical (unpaired) electrons. The van der Waals surface area contributed by atoms with Gasteiger partial charge in [0.2, 0.25) is 0 Å². The highest BCUT2D eigenvalue weighted by Gasteiger charge is 2.19. The van der Waals surface area contributed by atoms with Crippen LogP contribution in [0.5, 0.6) is 11.5 Å². The molecule has 0 aliphatic heterocycles. The van der Waals surface area contributed by atoms with Crippen molar-refractivity contribution in [1.29, 1.82) is 5.26 Å². The maximum Gasteiger partial charge on any atom is 0.263 e. The van der Waals surface area contributed by atoms with Crippen molar-refractivity contribution in [3.8, 4) is 17.6 Å². The summed E-state index contributed by atoms with van der Waals surface area (Å²) in [4.78, 5) is 12.1. The van der Waals surface area contributed by atoms with E-state index in [0.717, 1.165) is 25.7 Å². The van der Waals surface area contributed by atoms with E-state index in [-0.39, 0.29) is 17.5 Å². The number of methoxy groups -OCH3 is 2. The van der Waals surface area contributed by atoms with Crippen LogP contribution in [0.3, 0.4) is 0 Å². The lowest BCUT2D eigenvalue weighted by atomic mass is 10.2. The van der Waals surface area contributed by atoms with Gasteiger partial charge in [0.15, 0.2) is 11.5 Å². The Bertz CT molecular complexity index is 628. The van der Waals surface area contributed by atoms with Crippen molar-refractivity contribution in [3.63, 3.8) is 0 Å². The smallest absolute Gasteiger partial charge is 0.263 e. The Morgan fingerprint density at radius 2 is 1.96 bits per heavy atom. The van der Waals surface area contributed by atoms with E-state index in [1.807, 2.05) is 6.07 Å². The number of hydrogen-bond donors (Lipinski definition) is 2. The van der Waals surface area contributed by atoms with Crippen LogP contribution in [0, 0.1) is 11.3 Å². The van der Waals surface area contributed by atoms with Crippen LogP contribution in [0.25, 0.3) is 0 Å². The molecule has 6 heteroatoms. The molecule has 0 bridgehead atoms. The van der Waals surface area contributed by atoms with E-state index in [4.69, 9.17) is 14.7 Å². The first-order valence-corrected chi connectivity index (χ1v) is 7.57. The van der Waals surface area contributed by atoms with Gasteiger partial charge in [-0.2, -0.15) is 5.26 Å². The predicted octanol–water partition coefficient (Wildman–Crippen LogP) is 2.58. The number of rotatable bonds is 6. The minimum Gasteiger partial charge on any atom is -0.493 e. The van der Waals surface area contributed by atoms with E-state index in [1.165, 1.54) is 6.20 Å². The monoisotopic (exact) mass is 315 g/mol. The first-order valence-electron chi connectivity index (χ1n) is 7.57. The van der Waals surface area contributed by atoms with Gasteiger partial charge in [0.25, 0.3) is 5.91 Å². The molecule has 1 amide bonds. The number of ether oxygens (including phenoxy) is 2. The Hall–Kier alpha value is -2.68. The molecule has 122 valence electrons. The van der Waals surface area contributed by atoms with Gasteiger partial charge in [0, 0.05) is 24.0 Å². The topological polar surface area (TPSA) is 83.4 Å². The average Bonchev–Trinajstić information content (AvgIpc) is 3.08. The van der Waals surface area contributed by atoms with Gasteiger partial charge in [-0.05, 0) is 25.0 Å².